The van der Waals surface area contributed by atoms with Gasteiger partial charge in [-0.05, 0) is 18.7 Å². The molecule has 0 aliphatic carbocycles. The van der Waals surface area contributed by atoms with Crippen molar-refractivity contribution in [1.29, 1.82) is 0 Å². The van der Waals surface area contributed by atoms with Crippen LogP contribution < -0.4 is 10.6 Å². The zero-order chi connectivity index (χ0) is 18.6. The van der Waals surface area contributed by atoms with Gasteiger partial charge in [0.25, 0.3) is 0 Å². The summed E-state index contributed by atoms with van der Waals surface area (Å²) < 4.78 is 23.6. The Morgan fingerprint density at radius 1 is 0.519 bits per heavy atom. The van der Waals surface area contributed by atoms with E-state index in [1.54, 1.807) is 0 Å². The highest BCUT2D eigenvalue weighted by molar-refractivity contribution is 7.61. The van der Waals surface area contributed by atoms with Gasteiger partial charge in [-0.1, -0.05) is 60.7 Å². The summed E-state index contributed by atoms with van der Waals surface area (Å²) in [4.78, 5) is 0. The predicted octanol–water partition coefficient (Wildman–Crippen LogP) is 3.90. The van der Waals surface area contributed by atoms with Gasteiger partial charge in [-0.15, -0.1) is 0 Å². The molecule has 0 aromatic heterocycles. The van der Waals surface area contributed by atoms with Crippen LogP contribution in [0, 0.1) is 0 Å². The van der Waals surface area contributed by atoms with Crippen LogP contribution >= 0.6 is 16.3 Å². The second-order valence-electron chi connectivity index (χ2n) is 6.12. The fourth-order valence-electron chi connectivity index (χ4n) is 2.82. The lowest BCUT2D eigenvalue weighted by atomic mass is 10.4. The minimum absolute atomic E-state index is 0.597. The molecule has 0 bridgehead atoms. The van der Waals surface area contributed by atoms with Crippen molar-refractivity contribution in [1.82, 2.24) is 0 Å². The largest absolute Gasteiger partial charge is 0.377 e. The van der Waals surface area contributed by atoms with Crippen molar-refractivity contribution >= 4 is 26.9 Å². The van der Waals surface area contributed by atoms with Crippen molar-refractivity contribution in [2.75, 3.05) is 52.0 Å². The van der Waals surface area contributed by atoms with E-state index in [0.717, 1.165) is 18.7 Å². The van der Waals surface area contributed by atoms with E-state index >= 15 is 0 Å². The third kappa shape index (κ3) is 7.58. The van der Waals surface area contributed by atoms with Gasteiger partial charge < -0.3 is 18.5 Å². The van der Waals surface area contributed by atoms with E-state index in [2.05, 4.69) is 60.7 Å². The monoisotopic (exact) mass is 406 g/mol. The molecule has 27 heavy (non-hydrogen) atoms. The molecule has 1 fully saturated rings. The Morgan fingerprint density at radius 3 is 1.37 bits per heavy atom. The van der Waals surface area contributed by atoms with E-state index in [9.17, 15) is 0 Å². The highest BCUT2D eigenvalue weighted by atomic mass is 31.1. The van der Waals surface area contributed by atoms with Gasteiger partial charge in [0.1, 0.15) is 0 Å². The Balaban J connectivity index is 1.65. The summed E-state index contributed by atoms with van der Waals surface area (Å²) in [5.74, 6) is 0. The number of benzene rings is 2. The first-order valence-corrected chi connectivity index (χ1v) is 12.4. The molecule has 0 N–H and O–H groups in total. The fraction of sp³-hybridized carbons (Fsp3) is 0.429. The van der Waals surface area contributed by atoms with E-state index in [0.29, 0.717) is 39.6 Å². The van der Waals surface area contributed by atoms with E-state index in [-0.39, 0.29) is 0 Å². The molecule has 1 heterocycles. The van der Waals surface area contributed by atoms with Crippen LogP contribution in [0.1, 0.15) is 6.42 Å². The SMILES string of the molecule is c1ccc(P2CCCP(c3ccccc3)OCCOCCOCCO2)cc1. The van der Waals surface area contributed by atoms with Crippen molar-refractivity contribution in [3.05, 3.63) is 60.7 Å². The first-order valence-electron chi connectivity index (χ1n) is 9.50. The predicted molar refractivity (Wildman–Crippen MR) is 114 cm³/mol. The van der Waals surface area contributed by atoms with Crippen LogP contribution in [0.4, 0.5) is 0 Å². The standard InChI is InChI=1S/C21H28O4P2/c1-3-8-20(9-4-1)26-18-7-19-27(21-10-5-2-6-11-21)25-17-15-23-13-12-22-14-16-24-26/h1-6,8-11H,7,12-19H2. The summed E-state index contributed by atoms with van der Waals surface area (Å²) in [6.45, 7) is 3.68. The van der Waals surface area contributed by atoms with Crippen LogP contribution in [-0.4, -0.2) is 52.0 Å². The molecule has 3 rings (SSSR count). The van der Waals surface area contributed by atoms with Gasteiger partial charge >= 0.3 is 0 Å². The van der Waals surface area contributed by atoms with E-state index in [4.69, 9.17) is 18.5 Å². The van der Waals surface area contributed by atoms with Gasteiger partial charge in [0.05, 0.1) is 55.9 Å². The number of hydrogen-bond donors (Lipinski definition) is 0. The average molecular weight is 406 g/mol. The molecule has 1 saturated heterocycles. The van der Waals surface area contributed by atoms with Crippen molar-refractivity contribution in [3.8, 4) is 0 Å². The van der Waals surface area contributed by atoms with Crippen LogP contribution in [0.3, 0.4) is 0 Å². The molecule has 2 unspecified atom stereocenters. The molecule has 2 aromatic carbocycles. The normalized spacial score (nSPS) is 23.9. The molecule has 6 heteroatoms. The molecule has 1 aliphatic heterocycles. The molecule has 146 valence electrons. The lowest BCUT2D eigenvalue weighted by molar-refractivity contribution is 0.0298. The van der Waals surface area contributed by atoms with Crippen molar-refractivity contribution < 1.29 is 18.5 Å². The first kappa shape index (κ1) is 20.9. The van der Waals surface area contributed by atoms with Gasteiger partial charge in [0.15, 0.2) is 0 Å². The topological polar surface area (TPSA) is 36.9 Å². The molecule has 4 nitrogen and oxygen atoms in total. The summed E-state index contributed by atoms with van der Waals surface area (Å²) in [6, 6.07) is 21.1. The minimum Gasteiger partial charge on any atom is -0.377 e. The third-order valence-corrected chi connectivity index (χ3v) is 8.31. The number of rotatable bonds is 2. The van der Waals surface area contributed by atoms with Gasteiger partial charge in [-0.2, -0.15) is 0 Å². The molecule has 1 aliphatic rings. The summed E-state index contributed by atoms with van der Waals surface area (Å²) >= 11 is 0. The van der Waals surface area contributed by atoms with Crippen LogP contribution in [0.5, 0.6) is 0 Å². The Bertz CT molecular complexity index is 571. The quantitative estimate of drug-likeness (QED) is 0.709. The average Bonchev–Trinajstić information content (AvgIpc) is 2.74. The maximum Gasteiger partial charge on any atom is 0.0747 e. The van der Waals surface area contributed by atoms with Gasteiger partial charge in [0.2, 0.25) is 0 Å². The van der Waals surface area contributed by atoms with Crippen LogP contribution in [0.2, 0.25) is 0 Å². The minimum atomic E-state index is -0.626. The van der Waals surface area contributed by atoms with Crippen molar-refractivity contribution in [2.24, 2.45) is 0 Å². The van der Waals surface area contributed by atoms with Crippen LogP contribution in [-0.2, 0) is 18.5 Å². The molecular formula is C21H28O4P2. The smallest absolute Gasteiger partial charge is 0.0747 e. The molecule has 2 atom stereocenters. The lowest BCUT2D eigenvalue weighted by Gasteiger charge is -2.21. The molecule has 0 saturated carbocycles. The summed E-state index contributed by atoms with van der Waals surface area (Å²) in [5, 5.41) is 2.59. The number of ether oxygens (including phenoxy) is 2. The molecule has 0 radical (unpaired) electrons. The second-order valence-corrected chi connectivity index (χ2v) is 10.1. The molecular weight excluding hydrogens is 378 g/mol. The van der Waals surface area contributed by atoms with E-state index in [1.165, 1.54) is 10.6 Å². The van der Waals surface area contributed by atoms with Crippen LogP contribution in [0.15, 0.2) is 60.7 Å². The molecule has 0 amide bonds. The van der Waals surface area contributed by atoms with Crippen LogP contribution in [0.25, 0.3) is 0 Å². The van der Waals surface area contributed by atoms with Crippen molar-refractivity contribution in [3.63, 3.8) is 0 Å². The zero-order valence-electron chi connectivity index (χ0n) is 15.7. The number of hydrogen-bond acceptors (Lipinski definition) is 4. The third-order valence-electron chi connectivity index (χ3n) is 4.13. The molecule has 2 aromatic rings. The first-order chi connectivity index (χ1) is 13.4. The maximum atomic E-state index is 6.21. The summed E-state index contributed by atoms with van der Waals surface area (Å²) in [5.41, 5.74) is 0. The Kier molecular flexibility index (Phi) is 9.71. The lowest BCUT2D eigenvalue weighted by Crippen LogP contribution is -2.12. The summed E-state index contributed by atoms with van der Waals surface area (Å²) in [6.07, 6.45) is 3.18. The zero-order valence-corrected chi connectivity index (χ0v) is 17.5. The van der Waals surface area contributed by atoms with Gasteiger partial charge in [-0.3, -0.25) is 0 Å². The Hall–Kier alpha value is -0.860. The van der Waals surface area contributed by atoms with Gasteiger partial charge in [0, 0.05) is 10.6 Å². The Morgan fingerprint density at radius 2 is 0.926 bits per heavy atom. The second kappa shape index (κ2) is 12.6. The van der Waals surface area contributed by atoms with E-state index < -0.39 is 16.3 Å². The van der Waals surface area contributed by atoms with Crippen molar-refractivity contribution in [2.45, 2.75) is 6.42 Å². The molecule has 0 spiro atoms. The Labute approximate surface area is 164 Å². The summed E-state index contributed by atoms with van der Waals surface area (Å²) in [7, 11) is -1.25. The van der Waals surface area contributed by atoms with E-state index in [1.807, 2.05) is 0 Å². The highest BCUT2D eigenvalue weighted by Crippen LogP contribution is 2.41. The maximum absolute atomic E-state index is 6.21. The highest BCUT2D eigenvalue weighted by Gasteiger charge is 2.16. The van der Waals surface area contributed by atoms with Gasteiger partial charge in [-0.25, -0.2) is 0 Å². The fourth-order valence-corrected chi connectivity index (χ4v) is 6.63.